The minimum atomic E-state index is -0.559. The lowest BCUT2D eigenvalue weighted by Gasteiger charge is -2.07. The first kappa shape index (κ1) is 16.9. The highest BCUT2D eigenvalue weighted by atomic mass is 16.2. The summed E-state index contributed by atoms with van der Waals surface area (Å²) in [6, 6.07) is 6.54. The molecule has 0 unspecified atom stereocenters. The number of anilines is 1. The molecule has 0 atom stereocenters. The quantitative estimate of drug-likeness (QED) is 0.810. The summed E-state index contributed by atoms with van der Waals surface area (Å²) in [4.78, 5) is 34.4. The lowest BCUT2D eigenvalue weighted by molar-refractivity contribution is -0.120. The Morgan fingerprint density at radius 1 is 1.14 bits per heavy atom. The number of imide groups is 1. The molecule has 0 spiro atoms. The fourth-order valence-corrected chi connectivity index (χ4v) is 1.83. The van der Waals surface area contributed by atoms with Crippen LogP contribution in [-0.2, 0) is 16.0 Å². The third kappa shape index (κ3) is 6.70. The molecule has 1 aromatic rings. The van der Waals surface area contributed by atoms with E-state index in [1.165, 1.54) is 0 Å². The van der Waals surface area contributed by atoms with Gasteiger partial charge in [0.05, 0.1) is 0 Å². The zero-order valence-corrected chi connectivity index (χ0v) is 12.6. The van der Waals surface area contributed by atoms with Crippen LogP contribution in [0.5, 0.6) is 0 Å². The van der Waals surface area contributed by atoms with Crippen molar-refractivity contribution in [3.05, 3.63) is 29.8 Å². The number of nitrogens with one attached hydrogen (secondary N) is 2. The van der Waals surface area contributed by atoms with Crippen LogP contribution in [-0.4, -0.2) is 17.7 Å². The minimum Gasteiger partial charge on any atom is -0.308 e. The van der Waals surface area contributed by atoms with Gasteiger partial charge in [-0.15, -0.1) is 0 Å². The lowest BCUT2D eigenvalue weighted by atomic mass is 10.0. The maximum absolute atomic E-state index is 11.7. The van der Waals surface area contributed by atoms with Crippen molar-refractivity contribution >= 4 is 23.4 Å². The summed E-state index contributed by atoms with van der Waals surface area (Å²) in [5.41, 5.74) is 1.42. The summed E-state index contributed by atoms with van der Waals surface area (Å²) in [7, 11) is 0. The number of benzene rings is 1. The van der Waals surface area contributed by atoms with Crippen molar-refractivity contribution in [1.82, 2.24) is 5.32 Å². The van der Waals surface area contributed by atoms with Crippen molar-refractivity contribution in [3.8, 4) is 0 Å². The molecule has 0 saturated carbocycles. The second kappa shape index (κ2) is 8.89. The molecule has 1 rings (SSSR count). The van der Waals surface area contributed by atoms with E-state index in [1.807, 2.05) is 13.0 Å². The third-order valence-electron chi connectivity index (χ3n) is 2.97. The zero-order chi connectivity index (χ0) is 15.7. The summed E-state index contributed by atoms with van der Waals surface area (Å²) in [6.07, 6.45) is 3.10. The van der Waals surface area contributed by atoms with Crippen LogP contribution in [0.4, 0.5) is 10.5 Å². The van der Waals surface area contributed by atoms with Gasteiger partial charge in [0.2, 0.25) is 5.91 Å². The van der Waals surface area contributed by atoms with Crippen LogP contribution in [0.25, 0.3) is 0 Å². The average Bonchev–Trinajstić information content (AvgIpc) is 2.45. The minimum absolute atomic E-state index is 0.194. The molecule has 114 valence electrons. The molecule has 0 aliphatic carbocycles. The maximum atomic E-state index is 11.7. The smallest absolute Gasteiger partial charge is 0.308 e. The Hall–Kier alpha value is -2.17. The Balaban J connectivity index is 2.57. The van der Waals surface area contributed by atoms with Crippen LogP contribution in [0.3, 0.4) is 0 Å². The van der Waals surface area contributed by atoms with Gasteiger partial charge in [-0.25, -0.2) is 4.79 Å². The fraction of sp³-hybridized carbons (Fsp3) is 0.438. The number of carbonyl (C=O) groups is 3. The van der Waals surface area contributed by atoms with Gasteiger partial charge in [-0.05, 0) is 24.1 Å². The lowest BCUT2D eigenvalue weighted by Crippen LogP contribution is -2.33. The van der Waals surface area contributed by atoms with Gasteiger partial charge in [0, 0.05) is 24.9 Å². The predicted molar refractivity (Wildman–Crippen MR) is 82.1 cm³/mol. The first-order valence-electron chi connectivity index (χ1n) is 7.26. The van der Waals surface area contributed by atoms with Crippen molar-refractivity contribution in [2.75, 3.05) is 5.32 Å². The van der Waals surface area contributed by atoms with Crippen LogP contribution < -0.4 is 10.6 Å². The molecule has 0 saturated heterocycles. The summed E-state index contributed by atoms with van der Waals surface area (Å²) in [5, 5.41) is 4.79. The van der Waals surface area contributed by atoms with Crippen molar-refractivity contribution in [1.29, 1.82) is 0 Å². The average molecular weight is 290 g/mol. The predicted octanol–water partition coefficient (Wildman–Crippen LogP) is 3.05. The first-order chi connectivity index (χ1) is 10.0. The van der Waals surface area contributed by atoms with Gasteiger partial charge < -0.3 is 5.32 Å². The SMILES string of the molecule is CCCCC(=O)Cc1cccc(NC(=O)NC(=O)CC)c1. The second-order valence-corrected chi connectivity index (χ2v) is 4.88. The van der Waals surface area contributed by atoms with Gasteiger partial charge in [-0.2, -0.15) is 0 Å². The van der Waals surface area contributed by atoms with Gasteiger partial charge in [0.1, 0.15) is 5.78 Å². The number of amides is 3. The van der Waals surface area contributed by atoms with E-state index in [4.69, 9.17) is 0 Å². The molecule has 21 heavy (non-hydrogen) atoms. The largest absolute Gasteiger partial charge is 0.325 e. The molecule has 0 radical (unpaired) electrons. The summed E-state index contributed by atoms with van der Waals surface area (Å²) >= 11 is 0. The monoisotopic (exact) mass is 290 g/mol. The zero-order valence-electron chi connectivity index (χ0n) is 12.6. The topological polar surface area (TPSA) is 75.3 Å². The molecule has 2 N–H and O–H groups in total. The molecule has 5 heteroatoms. The van der Waals surface area contributed by atoms with Crippen LogP contribution >= 0.6 is 0 Å². The van der Waals surface area contributed by atoms with Gasteiger partial charge in [-0.3, -0.25) is 14.9 Å². The number of Topliss-reactive ketones (excluding diaryl/α,β-unsaturated/α-hetero) is 1. The van der Waals surface area contributed by atoms with Crippen molar-refractivity contribution in [3.63, 3.8) is 0 Å². The number of unbranched alkanes of at least 4 members (excludes halogenated alkanes) is 1. The number of hydrogen-bond donors (Lipinski definition) is 2. The van der Waals surface area contributed by atoms with E-state index in [2.05, 4.69) is 10.6 Å². The van der Waals surface area contributed by atoms with Crippen molar-refractivity contribution in [2.24, 2.45) is 0 Å². The van der Waals surface area contributed by atoms with E-state index in [1.54, 1.807) is 25.1 Å². The Morgan fingerprint density at radius 2 is 1.90 bits per heavy atom. The molecule has 5 nitrogen and oxygen atoms in total. The van der Waals surface area contributed by atoms with E-state index in [-0.39, 0.29) is 18.1 Å². The molecular formula is C16H22N2O3. The normalized spacial score (nSPS) is 10.0. The van der Waals surface area contributed by atoms with Crippen LogP contribution in [0.15, 0.2) is 24.3 Å². The van der Waals surface area contributed by atoms with Gasteiger partial charge in [0.25, 0.3) is 0 Å². The van der Waals surface area contributed by atoms with Crippen LogP contribution in [0.2, 0.25) is 0 Å². The van der Waals surface area contributed by atoms with E-state index in [0.717, 1.165) is 18.4 Å². The Labute approximate surface area is 125 Å². The van der Waals surface area contributed by atoms with Gasteiger partial charge in [0.15, 0.2) is 0 Å². The second-order valence-electron chi connectivity index (χ2n) is 4.88. The van der Waals surface area contributed by atoms with Crippen LogP contribution in [0, 0.1) is 0 Å². The fourth-order valence-electron chi connectivity index (χ4n) is 1.83. The summed E-state index contributed by atoms with van der Waals surface area (Å²) < 4.78 is 0. The molecule has 0 aliphatic heterocycles. The molecule has 0 aliphatic rings. The third-order valence-corrected chi connectivity index (χ3v) is 2.97. The number of ketones is 1. The number of carbonyl (C=O) groups excluding carboxylic acids is 3. The molecule has 0 fully saturated rings. The molecule has 0 bridgehead atoms. The highest BCUT2D eigenvalue weighted by molar-refractivity contribution is 6.01. The van der Waals surface area contributed by atoms with E-state index in [0.29, 0.717) is 18.5 Å². The Morgan fingerprint density at radius 3 is 2.57 bits per heavy atom. The first-order valence-corrected chi connectivity index (χ1v) is 7.26. The van der Waals surface area contributed by atoms with Crippen molar-refractivity contribution < 1.29 is 14.4 Å². The van der Waals surface area contributed by atoms with E-state index >= 15 is 0 Å². The Kier molecular flexibility index (Phi) is 7.15. The molecule has 0 aromatic heterocycles. The molecule has 3 amide bonds. The number of rotatable bonds is 7. The van der Waals surface area contributed by atoms with E-state index in [9.17, 15) is 14.4 Å². The van der Waals surface area contributed by atoms with Crippen molar-refractivity contribution in [2.45, 2.75) is 46.0 Å². The summed E-state index contributed by atoms with van der Waals surface area (Å²) in [5.74, 6) is -0.141. The maximum Gasteiger partial charge on any atom is 0.325 e. The summed E-state index contributed by atoms with van der Waals surface area (Å²) in [6.45, 7) is 3.72. The van der Waals surface area contributed by atoms with Gasteiger partial charge in [-0.1, -0.05) is 32.4 Å². The van der Waals surface area contributed by atoms with Gasteiger partial charge >= 0.3 is 6.03 Å². The Bertz CT molecular complexity index is 512. The molecular weight excluding hydrogens is 268 g/mol. The standard InChI is InChI=1S/C16H22N2O3/c1-3-5-9-14(19)11-12-7-6-8-13(10-12)17-16(21)18-15(20)4-2/h6-8,10H,3-5,9,11H2,1-2H3,(H2,17,18,20,21). The highest BCUT2D eigenvalue weighted by Crippen LogP contribution is 2.12. The van der Waals surface area contributed by atoms with Crippen LogP contribution in [0.1, 0.15) is 45.1 Å². The molecule has 0 heterocycles. The van der Waals surface area contributed by atoms with E-state index < -0.39 is 6.03 Å². The molecule has 1 aromatic carbocycles. The number of hydrogen-bond acceptors (Lipinski definition) is 3. The highest BCUT2D eigenvalue weighted by Gasteiger charge is 2.07. The number of urea groups is 1.